The van der Waals surface area contributed by atoms with Crippen LogP contribution in [0.5, 0.6) is 0 Å². The molecule has 0 saturated heterocycles. The monoisotopic (exact) mass is 371 g/mol. The van der Waals surface area contributed by atoms with Crippen molar-refractivity contribution in [1.29, 1.82) is 0 Å². The average Bonchev–Trinajstić information content (AvgIpc) is 2.73. The summed E-state index contributed by atoms with van der Waals surface area (Å²) < 4.78 is 0. The van der Waals surface area contributed by atoms with Crippen LogP contribution in [0.25, 0.3) is 0 Å². The summed E-state index contributed by atoms with van der Waals surface area (Å²) in [5.41, 5.74) is 4.35. The van der Waals surface area contributed by atoms with Gasteiger partial charge < -0.3 is 10.2 Å². The number of benzene rings is 2. The van der Waals surface area contributed by atoms with Crippen LogP contribution < -0.4 is 10.2 Å². The third-order valence-corrected chi connectivity index (χ3v) is 4.99. The minimum atomic E-state index is -0.247. The Labute approximate surface area is 164 Å². The summed E-state index contributed by atoms with van der Waals surface area (Å²) in [6, 6.07) is 19.0. The number of Topliss-reactive ketones (excluding diaryl/α,β-unsaturated/α-hetero) is 1. The van der Waals surface area contributed by atoms with Crippen molar-refractivity contribution in [2.75, 3.05) is 16.8 Å². The molecule has 2 heterocycles. The van der Waals surface area contributed by atoms with E-state index in [0.29, 0.717) is 16.8 Å². The van der Waals surface area contributed by atoms with Gasteiger partial charge in [0.1, 0.15) is 5.82 Å². The van der Waals surface area contributed by atoms with Crippen LogP contribution >= 0.6 is 0 Å². The topological polar surface area (TPSA) is 62.3 Å². The molecule has 0 aliphatic carbocycles. The van der Waals surface area contributed by atoms with E-state index in [-0.39, 0.29) is 11.7 Å². The van der Waals surface area contributed by atoms with Crippen molar-refractivity contribution in [2.45, 2.75) is 19.9 Å². The van der Waals surface area contributed by atoms with Crippen LogP contribution in [0.4, 0.5) is 11.5 Å². The van der Waals surface area contributed by atoms with Crippen molar-refractivity contribution < 1.29 is 9.59 Å². The Balaban J connectivity index is 1.45. The second kappa shape index (κ2) is 7.64. The smallest absolute Gasteiger partial charge is 0.257 e. The molecule has 0 radical (unpaired) electrons. The first-order valence-electron chi connectivity index (χ1n) is 9.30. The quantitative estimate of drug-likeness (QED) is 0.702. The zero-order chi connectivity index (χ0) is 19.5. The van der Waals surface area contributed by atoms with Crippen LogP contribution in [0.15, 0.2) is 66.9 Å². The molecule has 2 aromatic carbocycles. The van der Waals surface area contributed by atoms with E-state index in [1.807, 2.05) is 6.07 Å². The summed E-state index contributed by atoms with van der Waals surface area (Å²) in [5, 5.41) is 2.82. The van der Waals surface area contributed by atoms with Gasteiger partial charge in [-0.1, -0.05) is 36.4 Å². The summed E-state index contributed by atoms with van der Waals surface area (Å²) in [7, 11) is 0. The predicted molar refractivity (Wildman–Crippen MR) is 110 cm³/mol. The largest absolute Gasteiger partial charge is 0.352 e. The highest BCUT2D eigenvalue weighted by Crippen LogP contribution is 2.23. The number of nitrogens with zero attached hydrogens (tertiary/aromatic N) is 2. The molecule has 5 nitrogen and oxygen atoms in total. The second-order valence-electron chi connectivity index (χ2n) is 6.94. The van der Waals surface area contributed by atoms with E-state index >= 15 is 0 Å². The number of carbonyl (C=O) groups is 2. The van der Waals surface area contributed by atoms with E-state index < -0.39 is 0 Å². The van der Waals surface area contributed by atoms with Crippen LogP contribution in [-0.4, -0.2) is 23.2 Å². The molecule has 0 spiro atoms. The van der Waals surface area contributed by atoms with Gasteiger partial charge in [-0.05, 0) is 48.7 Å². The molecule has 1 aromatic heterocycles. The number of anilines is 2. The molecule has 4 rings (SSSR count). The zero-order valence-corrected chi connectivity index (χ0v) is 15.7. The minimum Gasteiger partial charge on any atom is -0.352 e. The molecule has 0 atom stereocenters. The molecule has 28 heavy (non-hydrogen) atoms. The van der Waals surface area contributed by atoms with Crippen LogP contribution in [0.3, 0.4) is 0 Å². The minimum absolute atomic E-state index is 0.0368. The van der Waals surface area contributed by atoms with Gasteiger partial charge >= 0.3 is 0 Å². The first kappa shape index (κ1) is 17.9. The molecule has 140 valence electrons. The summed E-state index contributed by atoms with van der Waals surface area (Å²) in [4.78, 5) is 30.7. The standard InChI is InChI=1S/C23H21N3O2/c1-16(27)18-7-4-8-21(13-18)25-23(28)19-9-10-22(24-14-19)26-12-11-17-5-2-3-6-20(17)15-26/h2-10,13-14H,11-12,15H2,1H3,(H,25,28). The maximum Gasteiger partial charge on any atom is 0.257 e. The SMILES string of the molecule is CC(=O)c1cccc(NC(=O)c2ccc(N3CCc4ccccc4C3)nc2)c1. The molecule has 5 heteroatoms. The lowest BCUT2D eigenvalue weighted by Gasteiger charge is -2.29. The number of aromatic nitrogens is 1. The van der Waals surface area contributed by atoms with E-state index in [1.54, 1.807) is 36.5 Å². The molecule has 1 aliphatic rings. The number of pyridine rings is 1. The maximum atomic E-state index is 12.5. The van der Waals surface area contributed by atoms with E-state index in [2.05, 4.69) is 39.5 Å². The summed E-state index contributed by atoms with van der Waals surface area (Å²) in [5.74, 6) is 0.582. The van der Waals surface area contributed by atoms with Gasteiger partial charge in [-0.3, -0.25) is 9.59 Å². The number of fused-ring (bicyclic) bond motifs is 1. The summed E-state index contributed by atoms with van der Waals surface area (Å²) in [6.45, 7) is 3.24. The molecule has 3 aromatic rings. The molecule has 0 saturated carbocycles. The number of hydrogen-bond donors (Lipinski definition) is 1. The molecular weight excluding hydrogens is 350 g/mol. The van der Waals surface area contributed by atoms with Crippen LogP contribution in [0.2, 0.25) is 0 Å². The van der Waals surface area contributed by atoms with Gasteiger partial charge in [0.15, 0.2) is 5.78 Å². The lowest BCUT2D eigenvalue weighted by Crippen LogP contribution is -2.31. The maximum absolute atomic E-state index is 12.5. The van der Waals surface area contributed by atoms with Gasteiger partial charge in [-0.15, -0.1) is 0 Å². The molecule has 0 fully saturated rings. The summed E-state index contributed by atoms with van der Waals surface area (Å²) >= 11 is 0. The van der Waals surface area contributed by atoms with Crippen molar-refractivity contribution in [2.24, 2.45) is 0 Å². The van der Waals surface area contributed by atoms with E-state index in [9.17, 15) is 9.59 Å². The van der Waals surface area contributed by atoms with E-state index in [1.165, 1.54) is 18.1 Å². The average molecular weight is 371 g/mol. The second-order valence-corrected chi connectivity index (χ2v) is 6.94. The number of nitrogens with one attached hydrogen (secondary N) is 1. The zero-order valence-electron chi connectivity index (χ0n) is 15.7. The Kier molecular flexibility index (Phi) is 4.89. The van der Waals surface area contributed by atoms with Crippen LogP contribution in [-0.2, 0) is 13.0 Å². The van der Waals surface area contributed by atoms with Crippen LogP contribution in [0.1, 0.15) is 38.8 Å². The van der Waals surface area contributed by atoms with Crippen molar-refractivity contribution >= 4 is 23.2 Å². The molecule has 0 unspecified atom stereocenters. The number of rotatable bonds is 4. The molecule has 1 N–H and O–H groups in total. The Bertz CT molecular complexity index is 1030. The molecule has 1 amide bonds. The van der Waals surface area contributed by atoms with Gasteiger partial charge in [0.2, 0.25) is 0 Å². The predicted octanol–water partition coefficient (Wildman–Crippen LogP) is 4.10. The first-order valence-corrected chi connectivity index (χ1v) is 9.30. The lowest BCUT2D eigenvalue weighted by atomic mass is 10.00. The van der Waals surface area contributed by atoms with Crippen molar-refractivity contribution in [3.63, 3.8) is 0 Å². The number of amides is 1. The van der Waals surface area contributed by atoms with Crippen molar-refractivity contribution in [1.82, 2.24) is 4.98 Å². The van der Waals surface area contributed by atoms with Gasteiger partial charge in [0, 0.05) is 30.5 Å². The molecule has 0 bridgehead atoms. The van der Waals surface area contributed by atoms with Gasteiger partial charge in [0.05, 0.1) is 5.56 Å². The Hall–Kier alpha value is -3.47. The summed E-state index contributed by atoms with van der Waals surface area (Å²) in [6.07, 6.45) is 2.59. The Morgan fingerprint density at radius 2 is 1.79 bits per heavy atom. The number of hydrogen-bond acceptors (Lipinski definition) is 4. The van der Waals surface area contributed by atoms with Gasteiger partial charge in [-0.25, -0.2) is 4.98 Å². The third kappa shape index (κ3) is 3.78. The van der Waals surface area contributed by atoms with Crippen molar-refractivity contribution in [3.8, 4) is 0 Å². The van der Waals surface area contributed by atoms with Gasteiger partial charge in [0.25, 0.3) is 5.91 Å². The highest BCUT2D eigenvalue weighted by molar-refractivity contribution is 6.05. The van der Waals surface area contributed by atoms with Crippen LogP contribution in [0, 0.1) is 0 Å². The normalized spacial score (nSPS) is 13.0. The number of ketones is 1. The lowest BCUT2D eigenvalue weighted by molar-refractivity contribution is 0.101. The van der Waals surface area contributed by atoms with E-state index in [4.69, 9.17) is 0 Å². The van der Waals surface area contributed by atoms with Gasteiger partial charge in [-0.2, -0.15) is 0 Å². The Morgan fingerprint density at radius 1 is 0.964 bits per heavy atom. The highest BCUT2D eigenvalue weighted by Gasteiger charge is 2.17. The molecular formula is C23H21N3O2. The van der Waals surface area contributed by atoms with E-state index in [0.717, 1.165) is 25.3 Å². The first-order chi connectivity index (χ1) is 13.6. The highest BCUT2D eigenvalue weighted by atomic mass is 16.1. The number of carbonyl (C=O) groups excluding carboxylic acids is 2. The van der Waals surface area contributed by atoms with Crippen molar-refractivity contribution in [3.05, 3.63) is 89.1 Å². The fourth-order valence-corrected chi connectivity index (χ4v) is 3.42. The fourth-order valence-electron chi connectivity index (χ4n) is 3.42. The third-order valence-electron chi connectivity index (χ3n) is 4.99. The molecule has 1 aliphatic heterocycles. The Morgan fingerprint density at radius 3 is 2.54 bits per heavy atom. The fraction of sp³-hybridized carbons (Fsp3) is 0.174.